The van der Waals surface area contributed by atoms with E-state index in [2.05, 4.69) is 62.5 Å². The van der Waals surface area contributed by atoms with Crippen LogP contribution in [-0.4, -0.2) is 14.2 Å². The van der Waals surface area contributed by atoms with Gasteiger partial charge in [-0.3, -0.25) is 0 Å². The van der Waals surface area contributed by atoms with Crippen molar-refractivity contribution in [2.75, 3.05) is 19.5 Å². The molecule has 0 aromatic heterocycles. The van der Waals surface area contributed by atoms with Crippen molar-refractivity contribution in [1.29, 1.82) is 0 Å². The molecule has 0 aliphatic heterocycles. The molecule has 3 nitrogen and oxygen atoms in total. The molecule has 0 aliphatic rings. The molecule has 0 atom stereocenters. The van der Waals surface area contributed by atoms with Crippen molar-refractivity contribution in [1.82, 2.24) is 0 Å². The number of para-hydroxylation sites is 1. The Bertz CT molecular complexity index is 947. The van der Waals surface area contributed by atoms with E-state index >= 15 is 0 Å². The van der Waals surface area contributed by atoms with Crippen molar-refractivity contribution in [2.24, 2.45) is 0 Å². The second kappa shape index (κ2) is 8.17. The molecule has 0 spiro atoms. The van der Waals surface area contributed by atoms with Crippen LogP contribution in [0.3, 0.4) is 0 Å². The number of hydrogen-bond acceptors (Lipinski definition) is 3. The molecular formula is C24H27NO2. The lowest BCUT2D eigenvalue weighted by Crippen LogP contribution is -2.04. The third-order valence-electron chi connectivity index (χ3n) is 4.97. The Balaban J connectivity index is 1.90. The summed E-state index contributed by atoms with van der Waals surface area (Å²) in [5, 5.41) is 3.25. The van der Waals surface area contributed by atoms with Gasteiger partial charge in [-0.2, -0.15) is 0 Å². The highest BCUT2D eigenvalue weighted by Crippen LogP contribution is 2.35. The Morgan fingerprint density at radius 3 is 2.30 bits per heavy atom. The summed E-state index contributed by atoms with van der Waals surface area (Å²) in [6, 6.07) is 18.7. The van der Waals surface area contributed by atoms with Gasteiger partial charge in [-0.15, -0.1) is 0 Å². The van der Waals surface area contributed by atoms with E-state index in [4.69, 9.17) is 9.47 Å². The first kappa shape index (κ1) is 18.8. The van der Waals surface area contributed by atoms with Crippen molar-refractivity contribution in [3.05, 3.63) is 76.9 Å². The minimum Gasteiger partial charge on any atom is -0.496 e. The standard InChI is InChI=1S/C24H27NO2/c1-16-9-8-11-22(25-4)21(16)15-27-24-14-17(2)20(13-18(24)3)19-10-6-7-12-23(19)26-5/h6-14,25H,15H2,1-5H3. The zero-order chi connectivity index (χ0) is 19.4. The maximum atomic E-state index is 6.20. The second-order valence-corrected chi connectivity index (χ2v) is 6.77. The zero-order valence-corrected chi connectivity index (χ0v) is 16.7. The van der Waals surface area contributed by atoms with Crippen LogP contribution in [-0.2, 0) is 6.61 Å². The number of rotatable bonds is 6. The fourth-order valence-electron chi connectivity index (χ4n) is 3.38. The largest absolute Gasteiger partial charge is 0.496 e. The summed E-state index contributed by atoms with van der Waals surface area (Å²) >= 11 is 0. The van der Waals surface area contributed by atoms with E-state index in [1.807, 2.05) is 25.2 Å². The van der Waals surface area contributed by atoms with E-state index in [0.717, 1.165) is 28.3 Å². The topological polar surface area (TPSA) is 30.5 Å². The van der Waals surface area contributed by atoms with Gasteiger partial charge in [0.2, 0.25) is 0 Å². The smallest absolute Gasteiger partial charge is 0.126 e. The highest BCUT2D eigenvalue weighted by molar-refractivity contribution is 5.74. The molecule has 140 valence electrons. The lowest BCUT2D eigenvalue weighted by atomic mass is 9.97. The molecule has 0 bridgehead atoms. The molecule has 3 aromatic rings. The van der Waals surface area contributed by atoms with Gasteiger partial charge in [0, 0.05) is 23.9 Å². The third kappa shape index (κ3) is 3.92. The molecule has 0 heterocycles. The van der Waals surface area contributed by atoms with Crippen LogP contribution < -0.4 is 14.8 Å². The minimum absolute atomic E-state index is 0.539. The van der Waals surface area contributed by atoms with Gasteiger partial charge in [-0.1, -0.05) is 30.3 Å². The Kier molecular flexibility index (Phi) is 5.70. The average Bonchev–Trinajstić information content (AvgIpc) is 2.68. The summed E-state index contributed by atoms with van der Waals surface area (Å²) in [5.41, 5.74) is 8.06. The van der Waals surface area contributed by atoms with Gasteiger partial charge < -0.3 is 14.8 Å². The van der Waals surface area contributed by atoms with Crippen molar-refractivity contribution in [2.45, 2.75) is 27.4 Å². The van der Waals surface area contributed by atoms with Crippen LogP contribution in [0.4, 0.5) is 5.69 Å². The van der Waals surface area contributed by atoms with Gasteiger partial charge >= 0.3 is 0 Å². The quantitative estimate of drug-likeness (QED) is 0.592. The summed E-state index contributed by atoms with van der Waals surface area (Å²) in [6.45, 7) is 6.85. The van der Waals surface area contributed by atoms with Crippen molar-refractivity contribution < 1.29 is 9.47 Å². The number of ether oxygens (including phenoxy) is 2. The molecule has 0 amide bonds. The fraction of sp³-hybridized carbons (Fsp3) is 0.250. The Labute approximate surface area is 162 Å². The molecule has 1 N–H and O–H groups in total. The number of anilines is 1. The van der Waals surface area contributed by atoms with E-state index in [-0.39, 0.29) is 0 Å². The van der Waals surface area contributed by atoms with E-state index < -0.39 is 0 Å². The lowest BCUT2D eigenvalue weighted by Gasteiger charge is -2.17. The molecular weight excluding hydrogens is 334 g/mol. The Hall–Kier alpha value is -2.94. The molecule has 3 aromatic carbocycles. The predicted molar refractivity (Wildman–Crippen MR) is 113 cm³/mol. The van der Waals surface area contributed by atoms with Crippen molar-refractivity contribution in [3.63, 3.8) is 0 Å². The monoisotopic (exact) mass is 361 g/mol. The highest BCUT2D eigenvalue weighted by atomic mass is 16.5. The second-order valence-electron chi connectivity index (χ2n) is 6.77. The van der Waals surface area contributed by atoms with Gasteiger partial charge in [0.25, 0.3) is 0 Å². The molecule has 0 unspecified atom stereocenters. The van der Waals surface area contributed by atoms with Crippen LogP contribution in [0.25, 0.3) is 11.1 Å². The van der Waals surface area contributed by atoms with Crippen LogP contribution in [0.5, 0.6) is 11.5 Å². The number of benzene rings is 3. The maximum Gasteiger partial charge on any atom is 0.126 e. The van der Waals surface area contributed by atoms with E-state index in [0.29, 0.717) is 6.61 Å². The molecule has 0 fully saturated rings. The van der Waals surface area contributed by atoms with Crippen LogP contribution in [0.1, 0.15) is 22.3 Å². The number of methoxy groups -OCH3 is 1. The van der Waals surface area contributed by atoms with Crippen molar-refractivity contribution in [3.8, 4) is 22.6 Å². The molecule has 3 heteroatoms. The third-order valence-corrected chi connectivity index (χ3v) is 4.97. The van der Waals surface area contributed by atoms with Crippen molar-refractivity contribution >= 4 is 5.69 Å². The SMILES string of the molecule is CNc1cccc(C)c1COc1cc(C)c(-c2ccccc2OC)cc1C. The van der Waals surface area contributed by atoms with Crippen LogP contribution >= 0.6 is 0 Å². The summed E-state index contributed by atoms with van der Waals surface area (Å²) in [6.07, 6.45) is 0. The Morgan fingerprint density at radius 2 is 1.56 bits per heavy atom. The number of nitrogens with one attached hydrogen (secondary N) is 1. The first-order chi connectivity index (χ1) is 13.0. The van der Waals surface area contributed by atoms with E-state index in [9.17, 15) is 0 Å². The summed E-state index contributed by atoms with van der Waals surface area (Å²) < 4.78 is 11.7. The highest BCUT2D eigenvalue weighted by Gasteiger charge is 2.12. The Morgan fingerprint density at radius 1 is 0.778 bits per heavy atom. The normalized spacial score (nSPS) is 10.6. The van der Waals surface area contributed by atoms with Gasteiger partial charge in [-0.05, 0) is 67.3 Å². The first-order valence-electron chi connectivity index (χ1n) is 9.18. The van der Waals surface area contributed by atoms with Crippen LogP contribution in [0, 0.1) is 20.8 Å². The summed E-state index contributed by atoms with van der Waals surface area (Å²) in [5.74, 6) is 1.80. The van der Waals surface area contributed by atoms with E-state index in [1.165, 1.54) is 22.3 Å². The number of hydrogen-bond donors (Lipinski definition) is 1. The van der Waals surface area contributed by atoms with Crippen LogP contribution in [0.15, 0.2) is 54.6 Å². The lowest BCUT2D eigenvalue weighted by molar-refractivity contribution is 0.304. The van der Waals surface area contributed by atoms with Gasteiger partial charge in [-0.25, -0.2) is 0 Å². The molecule has 3 rings (SSSR count). The van der Waals surface area contributed by atoms with Gasteiger partial charge in [0.1, 0.15) is 18.1 Å². The number of aryl methyl sites for hydroxylation is 3. The first-order valence-corrected chi connectivity index (χ1v) is 9.18. The predicted octanol–water partition coefficient (Wildman–Crippen LogP) is 5.91. The molecule has 0 saturated carbocycles. The summed E-state index contributed by atoms with van der Waals surface area (Å²) in [4.78, 5) is 0. The van der Waals surface area contributed by atoms with Gasteiger partial charge in [0.15, 0.2) is 0 Å². The molecule has 0 radical (unpaired) electrons. The average molecular weight is 361 g/mol. The minimum atomic E-state index is 0.539. The van der Waals surface area contributed by atoms with E-state index in [1.54, 1.807) is 7.11 Å². The molecule has 27 heavy (non-hydrogen) atoms. The fourth-order valence-corrected chi connectivity index (χ4v) is 3.38. The zero-order valence-electron chi connectivity index (χ0n) is 16.7. The molecule has 0 saturated heterocycles. The van der Waals surface area contributed by atoms with Gasteiger partial charge in [0.05, 0.1) is 7.11 Å². The summed E-state index contributed by atoms with van der Waals surface area (Å²) in [7, 11) is 3.65. The molecule has 0 aliphatic carbocycles. The van der Waals surface area contributed by atoms with Crippen LogP contribution in [0.2, 0.25) is 0 Å². The maximum absolute atomic E-state index is 6.20.